The Bertz CT molecular complexity index is 551. The van der Waals surface area contributed by atoms with Crippen molar-refractivity contribution in [2.24, 2.45) is 0 Å². The van der Waals surface area contributed by atoms with Crippen LogP contribution < -0.4 is 20.1 Å². The van der Waals surface area contributed by atoms with Gasteiger partial charge in [0.15, 0.2) is 11.5 Å². The Morgan fingerprint density at radius 3 is 2.48 bits per heavy atom. The molecule has 0 heterocycles. The summed E-state index contributed by atoms with van der Waals surface area (Å²) in [5.74, 6) is 0.130. The van der Waals surface area contributed by atoms with E-state index in [9.17, 15) is 9.59 Å². The number of nitrogens with one attached hydrogen (secondary N) is 2. The Balaban J connectivity index is 2.41. The van der Waals surface area contributed by atoms with Crippen LogP contribution in [0.2, 0.25) is 5.02 Å². The van der Waals surface area contributed by atoms with E-state index in [4.69, 9.17) is 26.2 Å². The van der Waals surface area contributed by atoms with E-state index in [0.29, 0.717) is 42.5 Å². The molecule has 0 bridgehead atoms. The first-order valence-corrected chi connectivity index (χ1v) is 7.50. The van der Waals surface area contributed by atoms with Gasteiger partial charge in [-0.2, -0.15) is 0 Å². The number of amides is 2. The number of ether oxygens (including phenoxy) is 2. The van der Waals surface area contributed by atoms with Gasteiger partial charge in [-0.05, 0) is 24.5 Å². The summed E-state index contributed by atoms with van der Waals surface area (Å²) in [6.07, 6.45) is 0.952. The lowest BCUT2D eigenvalue weighted by Gasteiger charge is -2.13. The van der Waals surface area contributed by atoms with Gasteiger partial charge in [-0.15, -0.1) is 0 Å². The highest BCUT2D eigenvalue weighted by atomic mass is 35.5. The molecule has 2 amide bonds. The second-order valence-electron chi connectivity index (χ2n) is 4.70. The van der Waals surface area contributed by atoms with Crippen LogP contribution in [0, 0.1) is 0 Å². The summed E-state index contributed by atoms with van der Waals surface area (Å²) >= 11 is 6.25. The average molecular weight is 345 g/mol. The first kappa shape index (κ1) is 18.9. The molecule has 0 aliphatic carbocycles. The minimum Gasteiger partial charge on any atom is -0.493 e. The highest BCUT2D eigenvalue weighted by Gasteiger charge is 2.13. The van der Waals surface area contributed by atoms with E-state index in [2.05, 4.69) is 10.6 Å². The van der Waals surface area contributed by atoms with Crippen LogP contribution in [-0.4, -0.2) is 44.4 Å². The lowest BCUT2D eigenvalue weighted by Crippen LogP contribution is -2.37. The molecule has 8 heteroatoms. The van der Waals surface area contributed by atoms with Gasteiger partial charge in [-0.25, -0.2) is 4.79 Å². The maximum Gasteiger partial charge on any atom is 0.314 e. The largest absolute Gasteiger partial charge is 0.493 e. The van der Waals surface area contributed by atoms with Gasteiger partial charge in [-0.3, -0.25) is 4.79 Å². The molecule has 1 aromatic rings. The van der Waals surface area contributed by atoms with Crippen molar-refractivity contribution in [3.63, 3.8) is 0 Å². The number of carbonyl (C=O) groups is 2. The van der Waals surface area contributed by atoms with Gasteiger partial charge in [0.05, 0.1) is 19.2 Å². The molecule has 1 aromatic carbocycles. The summed E-state index contributed by atoms with van der Waals surface area (Å²) in [6.45, 7) is 0.704. The van der Waals surface area contributed by atoms with Gasteiger partial charge in [-0.1, -0.05) is 17.7 Å². The number of hydrogen-bond acceptors (Lipinski definition) is 4. The number of rotatable bonds is 9. The maximum absolute atomic E-state index is 11.5. The van der Waals surface area contributed by atoms with Gasteiger partial charge in [0, 0.05) is 19.5 Å². The lowest BCUT2D eigenvalue weighted by molar-refractivity contribution is -0.137. The summed E-state index contributed by atoms with van der Waals surface area (Å²) < 4.78 is 10.4. The van der Waals surface area contributed by atoms with E-state index < -0.39 is 5.97 Å². The Kier molecular flexibility index (Phi) is 8.04. The fourth-order valence-electron chi connectivity index (χ4n) is 1.94. The predicted octanol–water partition coefficient (Wildman–Crippen LogP) is 2.06. The van der Waals surface area contributed by atoms with Crippen molar-refractivity contribution in [1.82, 2.24) is 10.6 Å². The number of methoxy groups -OCH3 is 2. The third-order valence-corrected chi connectivity index (χ3v) is 3.51. The van der Waals surface area contributed by atoms with Crippen molar-refractivity contribution >= 4 is 23.6 Å². The number of hydrogen-bond donors (Lipinski definition) is 3. The Labute approximate surface area is 139 Å². The number of carbonyl (C=O) groups excluding carboxylic acids is 1. The number of halogens is 1. The van der Waals surface area contributed by atoms with Crippen molar-refractivity contribution in [2.75, 3.05) is 27.3 Å². The van der Waals surface area contributed by atoms with E-state index in [1.807, 2.05) is 6.07 Å². The van der Waals surface area contributed by atoms with Crippen LogP contribution in [0.25, 0.3) is 0 Å². The Hall–Kier alpha value is -2.15. The predicted molar refractivity (Wildman–Crippen MR) is 86.5 cm³/mol. The van der Waals surface area contributed by atoms with Crippen molar-refractivity contribution in [2.45, 2.75) is 19.3 Å². The van der Waals surface area contributed by atoms with Gasteiger partial charge >= 0.3 is 12.0 Å². The molecule has 0 aliphatic rings. The molecule has 0 radical (unpaired) electrons. The van der Waals surface area contributed by atoms with Crippen molar-refractivity contribution in [3.8, 4) is 11.5 Å². The minimum absolute atomic E-state index is 0.0293. The van der Waals surface area contributed by atoms with Crippen LogP contribution in [0.5, 0.6) is 11.5 Å². The molecule has 0 saturated carbocycles. The highest BCUT2D eigenvalue weighted by molar-refractivity contribution is 6.33. The average Bonchev–Trinajstić information content (AvgIpc) is 2.52. The summed E-state index contributed by atoms with van der Waals surface area (Å²) in [7, 11) is 3.04. The second-order valence-corrected chi connectivity index (χ2v) is 5.08. The number of carboxylic acids is 1. The molecular formula is C15H21ClN2O5. The van der Waals surface area contributed by atoms with Crippen molar-refractivity contribution in [1.29, 1.82) is 0 Å². The Morgan fingerprint density at radius 1 is 1.17 bits per heavy atom. The summed E-state index contributed by atoms with van der Waals surface area (Å²) in [4.78, 5) is 21.9. The van der Waals surface area contributed by atoms with E-state index in [1.165, 1.54) is 14.2 Å². The SMILES string of the molecule is COc1ccc(CCNC(=O)NCCCC(=O)O)c(Cl)c1OC. The monoisotopic (exact) mass is 344 g/mol. The fraction of sp³-hybridized carbons (Fsp3) is 0.467. The zero-order valence-electron chi connectivity index (χ0n) is 13.1. The lowest BCUT2D eigenvalue weighted by atomic mass is 10.1. The number of carboxylic acid groups (broad SMARTS) is 1. The summed E-state index contributed by atoms with van der Waals surface area (Å²) in [6, 6.07) is 3.23. The molecule has 0 aliphatic heterocycles. The molecule has 0 spiro atoms. The van der Waals surface area contributed by atoms with Gasteiger partial charge in [0.25, 0.3) is 0 Å². The van der Waals surface area contributed by atoms with E-state index in [-0.39, 0.29) is 12.5 Å². The zero-order valence-corrected chi connectivity index (χ0v) is 13.9. The van der Waals surface area contributed by atoms with Crippen LogP contribution >= 0.6 is 11.6 Å². The van der Waals surface area contributed by atoms with E-state index in [1.54, 1.807) is 6.07 Å². The minimum atomic E-state index is -0.879. The number of aliphatic carboxylic acids is 1. The molecule has 0 atom stereocenters. The standard InChI is InChI=1S/C15H21ClN2O5/c1-22-11-6-5-10(13(16)14(11)23-2)7-9-18-15(21)17-8-3-4-12(19)20/h5-6H,3-4,7-9H2,1-2H3,(H,19,20)(H2,17,18,21). The molecule has 1 rings (SSSR count). The van der Waals surface area contributed by atoms with E-state index in [0.717, 1.165) is 5.56 Å². The second kappa shape index (κ2) is 9.78. The molecule has 7 nitrogen and oxygen atoms in total. The smallest absolute Gasteiger partial charge is 0.314 e. The molecule has 23 heavy (non-hydrogen) atoms. The van der Waals surface area contributed by atoms with Gasteiger partial charge < -0.3 is 25.2 Å². The zero-order chi connectivity index (χ0) is 17.2. The first-order chi connectivity index (χ1) is 11.0. The quantitative estimate of drug-likeness (QED) is 0.596. The normalized spacial score (nSPS) is 10.0. The fourth-order valence-corrected chi connectivity index (χ4v) is 2.27. The summed E-state index contributed by atoms with van der Waals surface area (Å²) in [5, 5.41) is 14.2. The third kappa shape index (κ3) is 6.23. The molecule has 128 valence electrons. The van der Waals surface area contributed by atoms with Gasteiger partial charge in [0.2, 0.25) is 0 Å². The molecular weight excluding hydrogens is 324 g/mol. The molecule has 3 N–H and O–H groups in total. The van der Waals surface area contributed by atoms with Crippen LogP contribution in [0.4, 0.5) is 4.79 Å². The van der Waals surface area contributed by atoms with Crippen molar-refractivity contribution in [3.05, 3.63) is 22.7 Å². The van der Waals surface area contributed by atoms with Crippen LogP contribution in [-0.2, 0) is 11.2 Å². The Morgan fingerprint density at radius 2 is 1.87 bits per heavy atom. The molecule has 0 fully saturated rings. The molecule has 0 saturated heterocycles. The first-order valence-electron chi connectivity index (χ1n) is 7.12. The highest BCUT2D eigenvalue weighted by Crippen LogP contribution is 2.37. The number of benzene rings is 1. The summed E-state index contributed by atoms with van der Waals surface area (Å²) in [5.41, 5.74) is 0.829. The van der Waals surface area contributed by atoms with Crippen LogP contribution in [0.3, 0.4) is 0 Å². The number of urea groups is 1. The van der Waals surface area contributed by atoms with E-state index >= 15 is 0 Å². The van der Waals surface area contributed by atoms with Gasteiger partial charge in [0.1, 0.15) is 0 Å². The molecule has 0 aromatic heterocycles. The third-order valence-electron chi connectivity index (χ3n) is 3.10. The topological polar surface area (TPSA) is 96.9 Å². The maximum atomic E-state index is 11.5. The van der Waals surface area contributed by atoms with Crippen LogP contribution in [0.15, 0.2) is 12.1 Å². The van der Waals surface area contributed by atoms with Crippen LogP contribution in [0.1, 0.15) is 18.4 Å². The molecule has 0 unspecified atom stereocenters. The van der Waals surface area contributed by atoms with Crippen molar-refractivity contribution < 1.29 is 24.2 Å².